The van der Waals surface area contributed by atoms with E-state index >= 15 is 0 Å². The van der Waals surface area contributed by atoms with Crippen LogP contribution in [-0.4, -0.2) is 15.0 Å². The van der Waals surface area contributed by atoms with Gasteiger partial charge in [-0.25, -0.2) is 0 Å². The maximum absolute atomic E-state index is 5.61. The molecule has 0 N–H and O–H groups in total. The van der Waals surface area contributed by atoms with Crippen molar-refractivity contribution in [1.82, 2.24) is 15.0 Å². The van der Waals surface area contributed by atoms with Gasteiger partial charge in [0.1, 0.15) is 0 Å². The van der Waals surface area contributed by atoms with Gasteiger partial charge >= 0.3 is 0 Å². The molecule has 1 aromatic rings. The third-order valence-corrected chi connectivity index (χ3v) is 2.09. The molecule has 0 aliphatic heterocycles. The molecule has 0 amide bonds. The quantitative estimate of drug-likeness (QED) is 0.704. The van der Waals surface area contributed by atoms with Crippen molar-refractivity contribution in [2.75, 3.05) is 0 Å². The van der Waals surface area contributed by atoms with Crippen LogP contribution in [0.3, 0.4) is 0 Å². The fourth-order valence-electron chi connectivity index (χ4n) is 0.959. The molecule has 0 spiro atoms. The third-order valence-electron chi connectivity index (χ3n) is 1.81. The summed E-state index contributed by atoms with van der Waals surface area (Å²) in [6.07, 6.45) is 3.00. The zero-order chi connectivity index (χ0) is 9.90. The summed E-state index contributed by atoms with van der Waals surface area (Å²) in [6.45, 7) is 7.55. The Morgan fingerprint density at radius 1 is 1.46 bits per heavy atom. The molecule has 0 aliphatic carbocycles. The van der Waals surface area contributed by atoms with Crippen molar-refractivity contribution >= 4 is 11.6 Å². The second-order valence-electron chi connectivity index (χ2n) is 4.42. The van der Waals surface area contributed by atoms with E-state index in [2.05, 4.69) is 31.1 Å². The van der Waals surface area contributed by atoms with Crippen LogP contribution in [0.4, 0.5) is 0 Å². The van der Waals surface area contributed by atoms with E-state index in [1.807, 2.05) is 10.9 Å². The first-order valence-electron chi connectivity index (χ1n) is 4.46. The van der Waals surface area contributed by atoms with Crippen LogP contribution in [0.25, 0.3) is 0 Å². The number of rotatable bonds is 3. The van der Waals surface area contributed by atoms with E-state index in [9.17, 15) is 0 Å². The number of aryl methyl sites for hydroxylation is 1. The molecule has 74 valence electrons. The molecule has 0 aliphatic rings. The predicted octanol–water partition coefficient (Wildman–Crippen LogP) is 2.45. The zero-order valence-electron chi connectivity index (χ0n) is 8.42. The summed E-state index contributed by atoms with van der Waals surface area (Å²) in [5.41, 5.74) is 1.18. The Morgan fingerprint density at radius 3 is 2.62 bits per heavy atom. The maximum Gasteiger partial charge on any atom is 0.0974 e. The van der Waals surface area contributed by atoms with Gasteiger partial charge in [0.05, 0.1) is 11.6 Å². The number of nitrogens with zero attached hydrogens (tertiary/aromatic N) is 3. The van der Waals surface area contributed by atoms with Crippen LogP contribution >= 0.6 is 11.6 Å². The average Bonchev–Trinajstić information content (AvgIpc) is 2.47. The number of alkyl halides is 1. The Bertz CT molecular complexity index is 262. The summed E-state index contributed by atoms with van der Waals surface area (Å²) in [6, 6.07) is 0. The first kappa shape index (κ1) is 10.5. The lowest BCUT2D eigenvalue weighted by molar-refractivity contribution is 0.339. The molecule has 0 saturated carbocycles. The summed E-state index contributed by atoms with van der Waals surface area (Å²) >= 11 is 5.61. The van der Waals surface area contributed by atoms with E-state index in [1.54, 1.807) is 0 Å². The van der Waals surface area contributed by atoms with E-state index in [-0.39, 0.29) is 0 Å². The van der Waals surface area contributed by atoms with Crippen molar-refractivity contribution in [3.8, 4) is 0 Å². The molecule has 0 unspecified atom stereocenters. The SMILES string of the molecule is CC(C)(C)CCn1cc(CCl)nn1. The van der Waals surface area contributed by atoms with Gasteiger partial charge in [-0.1, -0.05) is 26.0 Å². The number of aromatic nitrogens is 3. The van der Waals surface area contributed by atoms with Gasteiger partial charge in [0.25, 0.3) is 0 Å². The van der Waals surface area contributed by atoms with Crippen LogP contribution in [0.15, 0.2) is 6.20 Å². The second-order valence-corrected chi connectivity index (χ2v) is 4.68. The third kappa shape index (κ3) is 3.77. The largest absolute Gasteiger partial charge is 0.252 e. The second kappa shape index (κ2) is 4.09. The lowest BCUT2D eigenvalue weighted by atomic mass is 9.92. The first-order valence-corrected chi connectivity index (χ1v) is 5.00. The maximum atomic E-state index is 5.61. The van der Waals surface area contributed by atoms with Crippen LogP contribution in [-0.2, 0) is 12.4 Å². The van der Waals surface area contributed by atoms with Crippen LogP contribution in [0.5, 0.6) is 0 Å². The predicted molar refractivity (Wildman–Crippen MR) is 53.7 cm³/mol. The minimum Gasteiger partial charge on any atom is -0.252 e. The highest BCUT2D eigenvalue weighted by Crippen LogP contribution is 2.18. The molecule has 4 heteroatoms. The van der Waals surface area contributed by atoms with Crippen LogP contribution in [0, 0.1) is 5.41 Å². The molecular weight excluding hydrogens is 186 g/mol. The molecule has 0 aromatic carbocycles. The number of hydrogen-bond acceptors (Lipinski definition) is 2. The van der Waals surface area contributed by atoms with Gasteiger partial charge in [-0.05, 0) is 11.8 Å². The van der Waals surface area contributed by atoms with Crippen molar-refractivity contribution in [3.05, 3.63) is 11.9 Å². The zero-order valence-corrected chi connectivity index (χ0v) is 9.17. The molecule has 3 nitrogen and oxygen atoms in total. The van der Waals surface area contributed by atoms with Crippen molar-refractivity contribution in [3.63, 3.8) is 0 Å². The number of halogens is 1. The molecule has 0 bridgehead atoms. The average molecular weight is 202 g/mol. The van der Waals surface area contributed by atoms with E-state index in [1.165, 1.54) is 0 Å². The molecule has 1 rings (SSSR count). The Labute approximate surface area is 84.1 Å². The standard InChI is InChI=1S/C9H16ClN3/c1-9(2,3)4-5-13-7-8(6-10)11-12-13/h7H,4-6H2,1-3H3. The number of hydrogen-bond donors (Lipinski definition) is 0. The molecule has 0 saturated heterocycles. The van der Waals surface area contributed by atoms with Crippen molar-refractivity contribution < 1.29 is 0 Å². The summed E-state index contributed by atoms with van der Waals surface area (Å²) in [5.74, 6) is 0.440. The van der Waals surface area contributed by atoms with Gasteiger partial charge in [-0.3, -0.25) is 4.68 Å². The fraction of sp³-hybridized carbons (Fsp3) is 0.778. The van der Waals surface area contributed by atoms with E-state index in [0.29, 0.717) is 11.3 Å². The van der Waals surface area contributed by atoms with Crippen molar-refractivity contribution in [2.24, 2.45) is 5.41 Å². The molecular formula is C9H16ClN3. The highest BCUT2D eigenvalue weighted by molar-refractivity contribution is 6.16. The van der Waals surface area contributed by atoms with Crippen molar-refractivity contribution in [1.29, 1.82) is 0 Å². The first-order chi connectivity index (χ1) is 6.01. The fourth-order valence-corrected chi connectivity index (χ4v) is 1.08. The lowest BCUT2D eigenvalue weighted by Gasteiger charge is -2.17. The van der Waals surface area contributed by atoms with Crippen LogP contribution in [0.1, 0.15) is 32.9 Å². The van der Waals surface area contributed by atoms with Crippen molar-refractivity contribution in [2.45, 2.75) is 39.6 Å². The Morgan fingerprint density at radius 2 is 2.15 bits per heavy atom. The molecule has 1 heterocycles. The Hall–Kier alpha value is -0.570. The van der Waals surface area contributed by atoms with Gasteiger partial charge in [-0.2, -0.15) is 0 Å². The van der Waals surface area contributed by atoms with Gasteiger partial charge < -0.3 is 0 Å². The summed E-state index contributed by atoms with van der Waals surface area (Å²) in [4.78, 5) is 0. The molecule has 1 aromatic heterocycles. The Kier molecular flexibility index (Phi) is 3.31. The minimum absolute atomic E-state index is 0.340. The monoisotopic (exact) mass is 201 g/mol. The molecule has 0 fully saturated rings. The van der Waals surface area contributed by atoms with Gasteiger partial charge in [0.2, 0.25) is 0 Å². The smallest absolute Gasteiger partial charge is 0.0974 e. The van der Waals surface area contributed by atoms with Crippen LogP contribution in [0.2, 0.25) is 0 Å². The molecule has 0 atom stereocenters. The van der Waals surface area contributed by atoms with E-state index in [0.717, 1.165) is 18.7 Å². The Balaban J connectivity index is 2.46. The summed E-state index contributed by atoms with van der Waals surface area (Å²) in [7, 11) is 0. The summed E-state index contributed by atoms with van der Waals surface area (Å²) < 4.78 is 1.85. The van der Waals surface area contributed by atoms with Crippen LogP contribution < -0.4 is 0 Å². The summed E-state index contributed by atoms with van der Waals surface area (Å²) in [5, 5.41) is 7.89. The van der Waals surface area contributed by atoms with Gasteiger partial charge in [-0.15, -0.1) is 16.7 Å². The molecule has 0 radical (unpaired) electrons. The topological polar surface area (TPSA) is 30.7 Å². The lowest BCUT2D eigenvalue weighted by Crippen LogP contribution is -2.10. The highest BCUT2D eigenvalue weighted by atomic mass is 35.5. The minimum atomic E-state index is 0.340. The van der Waals surface area contributed by atoms with E-state index < -0.39 is 0 Å². The molecule has 13 heavy (non-hydrogen) atoms. The van der Waals surface area contributed by atoms with Gasteiger partial charge in [0, 0.05) is 12.7 Å². The van der Waals surface area contributed by atoms with E-state index in [4.69, 9.17) is 11.6 Å². The van der Waals surface area contributed by atoms with Gasteiger partial charge in [0.15, 0.2) is 0 Å². The normalized spacial score (nSPS) is 12.0. The highest BCUT2D eigenvalue weighted by Gasteiger charge is 2.10.